The van der Waals surface area contributed by atoms with Crippen molar-refractivity contribution in [1.29, 1.82) is 0 Å². The lowest BCUT2D eigenvalue weighted by molar-refractivity contribution is -0.384. The van der Waals surface area contributed by atoms with Crippen LogP contribution >= 0.6 is 11.8 Å². The molecule has 3 N–H and O–H groups in total. The number of nitrogens with zero attached hydrogens (tertiary/aromatic N) is 3. The first-order valence-corrected chi connectivity index (χ1v) is 14.1. The summed E-state index contributed by atoms with van der Waals surface area (Å²) in [6, 6.07) is 20.3. The fourth-order valence-corrected chi connectivity index (χ4v) is 6.48. The van der Waals surface area contributed by atoms with Gasteiger partial charge in [0.1, 0.15) is 23.7 Å². The molecule has 0 spiro atoms. The van der Waals surface area contributed by atoms with Gasteiger partial charge in [-0.1, -0.05) is 72.8 Å². The van der Waals surface area contributed by atoms with Gasteiger partial charge in [0.25, 0.3) is 17.5 Å². The van der Waals surface area contributed by atoms with Crippen LogP contribution in [0.3, 0.4) is 0 Å². The first-order valence-electron chi connectivity index (χ1n) is 13.2. The molecule has 5 rings (SSSR count). The molecule has 43 heavy (non-hydrogen) atoms. The van der Waals surface area contributed by atoms with Crippen LogP contribution in [0.15, 0.2) is 96.7 Å². The minimum atomic E-state index is -1.38. The Morgan fingerprint density at radius 2 is 1.63 bits per heavy atom. The van der Waals surface area contributed by atoms with Crippen LogP contribution in [0, 0.1) is 10.1 Å². The number of aliphatic carboxylic acids is 1. The van der Waals surface area contributed by atoms with Crippen LogP contribution in [-0.4, -0.2) is 60.4 Å². The maximum atomic E-state index is 13.8. The molecular formula is C30H26N4O8S. The molecule has 2 aliphatic rings. The number of benzene rings is 3. The molecule has 0 aromatic heterocycles. The van der Waals surface area contributed by atoms with Gasteiger partial charge in [-0.25, -0.2) is 14.5 Å². The Balaban J connectivity index is 1.43. The van der Waals surface area contributed by atoms with Crippen LogP contribution in [0.2, 0.25) is 0 Å². The second-order valence-electron chi connectivity index (χ2n) is 9.84. The first kappa shape index (κ1) is 29.5. The molecule has 2 aliphatic heterocycles. The number of ether oxygens (including phenoxy) is 1. The van der Waals surface area contributed by atoms with E-state index in [2.05, 4.69) is 0 Å². The number of carbonyl (C=O) groups excluding carboxylic acids is 3. The molecule has 220 valence electrons. The third-order valence-electron chi connectivity index (χ3n) is 7.08. The molecule has 1 fully saturated rings. The largest absolute Gasteiger partial charge is 0.477 e. The van der Waals surface area contributed by atoms with Crippen molar-refractivity contribution in [3.63, 3.8) is 0 Å². The van der Waals surface area contributed by atoms with Crippen LogP contribution < -0.4 is 5.73 Å². The Bertz CT molecular complexity index is 1580. The highest BCUT2D eigenvalue weighted by Gasteiger charge is 2.59. The summed E-state index contributed by atoms with van der Waals surface area (Å²) in [4.78, 5) is 65.1. The Hall–Kier alpha value is -5.01. The van der Waals surface area contributed by atoms with E-state index in [0.29, 0.717) is 21.6 Å². The summed E-state index contributed by atoms with van der Waals surface area (Å²) in [7, 11) is 0. The van der Waals surface area contributed by atoms with E-state index in [1.807, 2.05) is 0 Å². The van der Waals surface area contributed by atoms with Crippen molar-refractivity contribution in [3.05, 3.63) is 124 Å². The SMILES string of the molecule is N[C@@H](C(=O)N(C(=O)OCc1ccccc1)C1C(=O)N2C(C(=O)O)=CC(Cc3ccc([N+](=O)[O-])cc3)S[C@H]12)c1ccccc1. The summed E-state index contributed by atoms with van der Waals surface area (Å²) in [5, 5.41) is 19.5. The number of nitro benzene ring substituents is 1. The van der Waals surface area contributed by atoms with E-state index < -0.39 is 51.5 Å². The van der Waals surface area contributed by atoms with E-state index >= 15 is 0 Å². The number of non-ortho nitro benzene ring substituents is 1. The van der Waals surface area contributed by atoms with E-state index in [1.165, 1.54) is 30.0 Å². The highest BCUT2D eigenvalue weighted by Crippen LogP contribution is 2.44. The second kappa shape index (κ2) is 12.5. The minimum absolute atomic E-state index is 0.0874. The summed E-state index contributed by atoms with van der Waals surface area (Å²) < 4.78 is 5.45. The Labute approximate surface area is 249 Å². The van der Waals surface area contributed by atoms with Gasteiger partial charge in [0.2, 0.25) is 0 Å². The zero-order valence-corrected chi connectivity index (χ0v) is 23.3. The Kier molecular flexibility index (Phi) is 8.55. The van der Waals surface area contributed by atoms with Gasteiger partial charge in [-0.2, -0.15) is 0 Å². The quantitative estimate of drug-likeness (QED) is 0.209. The molecule has 12 nitrogen and oxygen atoms in total. The Morgan fingerprint density at radius 1 is 1.00 bits per heavy atom. The number of amides is 3. The summed E-state index contributed by atoms with van der Waals surface area (Å²) in [6.45, 7) is -0.171. The van der Waals surface area contributed by atoms with Gasteiger partial charge in [0.05, 0.1) is 4.92 Å². The first-order chi connectivity index (χ1) is 20.7. The Morgan fingerprint density at radius 3 is 2.23 bits per heavy atom. The minimum Gasteiger partial charge on any atom is -0.477 e. The molecule has 3 aromatic carbocycles. The monoisotopic (exact) mass is 602 g/mol. The smallest absolute Gasteiger partial charge is 0.417 e. The van der Waals surface area contributed by atoms with Crippen molar-refractivity contribution in [2.45, 2.75) is 35.7 Å². The molecular weight excluding hydrogens is 576 g/mol. The maximum absolute atomic E-state index is 13.8. The molecule has 3 aromatic rings. The zero-order valence-electron chi connectivity index (χ0n) is 22.5. The standard InChI is InChI=1S/C30H26N4O8S/c31-24(20-9-5-2-6-10-20)26(35)33(30(39)42-17-19-7-3-1-4-8-19)25-27(36)32-23(29(37)38)16-22(43-28(25)32)15-18-11-13-21(14-12-18)34(40)41/h1-14,16,22,24-25,28H,15,17,31H2,(H,37,38)/t22?,24-,25?,28-/m1/s1. The lowest BCUT2D eigenvalue weighted by Crippen LogP contribution is -2.73. The molecule has 2 unspecified atom stereocenters. The third-order valence-corrected chi connectivity index (χ3v) is 8.48. The number of thioether (sulfide) groups is 1. The molecule has 0 radical (unpaired) electrons. The number of nitro groups is 1. The predicted octanol–water partition coefficient (Wildman–Crippen LogP) is 3.62. The van der Waals surface area contributed by atoms with Gasteiger partial charge in [-0.3, -0.25) is 24.6 Å². The summed E-state index contributed by atoms with van der Waals surface area (Å²) in [6.07, 6.45) is 0.618. The average Bonchev–Trinajstić information content (AvgIpc) is 3.02. The van der Waals surface area contributed by atoms with E-state index in [9.17, 15) is 34.4 Å². The zero-order chi connectivity index (χ0) is 30.7. The maximum Gasteiger partial charge on any atom is 0.417 e. The fraction of sp³-hybridized carbons (Fsp3) is 0.200. The van der Waals surface area contributed by atoms with Crippen molar-refractivity contribution < 1.29 is 33.9 Å². The van der Waals surface area contributed by atoms with Crippen LogP contribution in [0.4, 0.5) is 10.5 Å². The lowest BCUT2D eigenvalue weighted by atomic mass is 9.99. The van der Waals surface area contributed by atoms with Gasteiger partial charge >= 0.3 is 12.1 Å². The van der Waals surface area contributed by atoms with Crippen LogP contribution in [0.25, 0.3) is 0 Å². The molecule has 0 saturated carbocycles. The van der Waals surface area contributed by atoms with Crippen molar-refractivity contribution >= 4 is 41.3 Å². The molecule has 3 amide bonds. The third kappa shape index (κ3) is 6.12. The van der Waals surface area contributed by atoms with Gasteiger partial charge in [0, 0.05) is 17.4 Å². The van der Waals surface area contributed by atoms with Crippen molar-refractivity contribution in [2.75, 3.05) is 0 Å². The fourth-order valence-electron chi connectivity index (χ4n) is 4.90. The van der Waals surface area contributed by atoms with Crippen molar-refractivity contribution in [2.24, 2.45) is 5.73 Å². The van der Waals surface area contributed by atoms with Crippen molar-refractivity contribution in [3.8, 4) is 0 Å². The second-order valence-corrected chi connectivity index (χ2v) is 11.2. The highest BCUT2D eigenvalue weighted by molar-refractivity contribution is 8.00. The van der Waals surface area contributed by atoms with Gasteiger partial charge in [0.15, 0.2) is 6.04 Å². The normalized spacial score (nSPS) is 19.7. The number of carbonyl (C=O) groups is 4. The lowest BCUT2D eigenvalue weighted by Gasteiger charge is -2.52. The number of β-lactam (4-membered cyclic amide) rings is 1. The number of fused-ring (bicyclic) bond motifs is 1. The average molecular weight is 603 g/mol. The predicted molar refractivity (Wildman–Crippen MR) is 155 cm³/mol. The summed E-state index contributed by atoms with van der Waals surface area (Å²) >= 11 is 1.19. The van der Waals surface area contributed by atoms with E-state index in [0.717, 1.165) is 4.90 Å². The molecule has 0 aliphatic carbocycles. The molecule has 1 saturated heterocycles. The molecule has 13 heteroatoms. The number of hydrogen-bond acceptors (Lipinski definition) is 9. The number of hydrogen-bond donors (Lipinski definition) is 2. The van der Waals surface area contributed by atoms with Crippen LogP contribution in [-0.2, 0) is 32.1 Å². The van der Waals surface area contributed by atoms with E-state index in [4.69, 9.17) is 10.5 Å². The van der Waals surface area contributed by atoms with Crippen molar-refractivity contribution in [1.82, 2.24) is 9.80 Å². The van der Waals surface area contributed by atoms with E-state index in [-0.39, 0.29) is 24.4 Å². The summed E-state index contributed by atoms with van der Waals surface area (Å²) in [5.74, 6) is -2.98. The summed E-state index contributed by atoms with van der Waals surface area (Å²) in [5.41, 5.74) is 7.66. The topological polar surface area (TPSA) is 173 Å². The van der Waals surface area contributed by atoms with Gasteiger partial charge in [-0.05, 0) is 29.2 Å². The van der Waals surface area contributed by atoms with Gasteiger partial charge < -0.3 is 15.6 Å². The highest BCUT2D eigenvalue weighted by atomic mass is 32.2. The van der Waals surface area contributed by atoms with Crippen LogP contribution in [0.1, 0.15) is 22.7 Å². The number of carboxylic acid groups (broad SMARTS) is 1. The number of imide groups is 1. The molecule has 2 heterocycles. The molecule has 4 atom stereocenters. The number of rotatable bonds is 9. The van der Waals surface area contributed by atoms with Crippen LogP contribution in [0.5, 0.6) is 0 Å². The van der Waals surface area contributed by atoms with Gasteiger partial charge in [-0.15, -0.1) is 11.8 Å². The number of nitrogens with two attached hydrogens (primary N) is 1. The van der Waals surface area contributed by atoms with E-state index in [1.54, 1.807) is 72.8 Å². The molecule has 0 bridgehead atoms. The number of carboxylic acids is 1.